The van der Waals surface area contributed by atoms with Crippen LogP contribution in [-0.4, -0.2) is 53.4 Å². The number of hydrogen-bond acceptors (Lipinski definition) is 4. The highest BCUT2D eigenvalue weighted by atomic mass is 16.5. The van der Waals surface area contributed by atoms with E-state index in [1.807, 2.05) is 18.2 Å². The van der Waals surface area contributed by atoms with Gasteiger partial charge in [0, 0.05) is 19.6 Å². The molecule has 5 nitrogen and oxygen atoms in total. The van der Waals surface area contributed by atoms with Gasteiger partial charge in [-0.25, -0.2) is 0 Å². The van der Waals surface area contributed by atoms with Gasteiger partial charge in [0.15, 0.2) is 0 Å². The van der Waals surface area contributed by atoms with E-state index >= 15 is 0 Å². The number of hydrogen-bond donors (Lipinski definition) is 0. The summed E-state index contributed by atoms with van der Waals surface area (Å²) in [6, 6.07) is 8.95. The van der Waals surface area contributed by atoms with E-state index in [2.05, 4.69) is 20.5 Å². The highest BCUT2D eigenvalue weighted by molar-refractivity contribution is 5.76. The van der Waals surface area contributed by atoms with Crippen LogP contribution in [0.5, 0.6) is 6.01 Å². The van der Waals surface area contributed by atoms with Crippen LogP contribution in [0.4, 0.5) is 0 Å². The number of para-hydroxylation sites is 2. The van der Waals surface area contributed by atoms with Crippen LogP contribution >= 0.6 is 0 Å². The Labute approximate surface area is 111 Å². The minimum absolute atomic E-state index is 0.213. The van der Waals surface area contributed by atoms with Crippen molar-refractivity contribution in [2.75, 3.05) is 32.8 Å². The van der Waals surface area contributed by atoms with E-state index < -0.39 is 0 Å². The molecule has 0 spiro atoms. The fourth-order valence-electron chi connectivity index (χ4n) is 2.88. The van der Waals surface area contributed by atoms with Crippen molar-refractivity contribution in [1.29, 1.82) is 0 Å². The van der Waals surface area contributed by atoms with Crippen molar-refractivity contribution >= 4 is 11.0 Å². The molecule has 1 unspecified atom stereocenters. The number of nitrogens with zero attached hydrogens (tertiary/aromatic N) is 3. The lowest BCUT2D eigenvalue weighted by Gasteiger charge is -2.28. The summed E-state index contributed by atoms with van der Waals surface area (Å²) in [6.07, 6.45) is 0.213. The number of aromatic nitrogens is 2. The number of benzene rings is 1. The second-order valence-electron chi connectivity index (χ2n) is 5.15. The summed E-state index contributed by atoms with van der Waals surface area (Å²) in [4.78, 5) is 6.94. The van der Waals surface area contributed by atoms with E-state index in [0.29, 0.717) is 0 Å². The lowest BCUT2D eigenvalue weighted by atomic mass is 10.3. The molecule has 0 radical (unpaired) electrons. The molecular weight excluding hydrogens is 242 g/mol. The molecule has 5 heteroatoms. The van der Waals surface area contributed by atoms with Crippen LogP contribution < -0.4 is 4.74 Å². The summed E-state index contributed by atoms with van der Waals surface area (Å²) in [7, 11) is 0. The van der Waals surface area contributed by atoms with Crippen molar-refractivity contribution in [2.24, 2.45) is 0 Å². The summed E-state index contributed by atoms with van der Waals surface area (Å²) in [5.41, 5.74) is 2.18. The third-order valence-electron chi connectivity index (χ3n) is 3.84. The third kappa shape index (κ3) is 1.99. The predicted octanol–water partition coefficient (Wildman–Crippen LogP) is 1.13. The molecule has 4 rings (SSSR count). The molecule has 1 aromatic carbocycles. The molecule has 19 heavy (non-hydrogen) atoms. The summed E-state index contributed by atoms with van der Waals surface area (Å²) in [5, 5.41) is 0. The van der Waals surface area contributed by atoms with E-state index in [1.165, 1.54) is 5.52 Å². The van der Waals surface area contributed by atoms with Crippen molar-refractivity contribution < 1.29 is 9.47 Å². The van der Waals surface area contributed by atoms with Gasteiger partial charge in [0.05, 0.1) is 30.8 Å². The Kier molecular flexibility index (Phi) is 2.67. The lowest BCUT2D eigenvalue weighted by molar-refractivity contribution is 0.0216. The Morgan fingerprint density at radius 1 is 1.21 bits per heavy atom. The zero-order chi connectivity index (χ0) is 12.7. The molecule has 1 aromatic heterocycles. The summed E-state index contributed by atoms with van der Waals surface area (Å²) >= 11 is 0. The average Bonchev–Trinajstić information content (AvgIpc) is 2.97. The average molecular weight is 259 g/mol. The number of morpholine rings is 1. The number of ether oxygens (including phenoxy) is 2. The molecule has 0 bridgehead atoms. The smallest absolute Gasteiger partial charge is 0.297 e. The minimum Gasteiger partial charge on any atom is -0.458 e. The predicted molar refractivity (Wildman–Crippen MR) is 71.4 cm³/mol. The molecule has 2 aliphatic rings. The second-order valence-corrected chi connectivity index (χ2v) is 5.15. The monoisotopic (exact) mass is 259 g/mol. The second kappa shape index (κ2) is 4.51. The van der Waals surface area contributed by atoms with Gasteiger partial charge in [0.25, 0.3) is 6.01 Å². The van der Waals surface area contributed by atoms with Crippen LogP contribution in [0.2, 0.25) is 0 Å². The molecule has 3 heterocycles. The highest BCUT2D eigenvalue weighted by Crippen LogP contribution is 2.27. The van der Waals surface area contributed by atoms with Crippen molar-refractivity contribution in [3.63, 3.8) is 0 Å². The largest absolute Gasteiger partial charge is 0.458 e. The van der Waals surface area contributed by atoms with Crippen LogP contribution in [0, 0.1) is 0 Å². The van der Waals surface area contributed by atoms with Gasteiger partial charge < -0.3 is 9.47 Å². The molecule has 0 aliphatic carbocycles. The molecule has 0 saturated carbocycles. The Balaban J connectivity index is 1.51. The van der Waals surface area contributed by atoms with Crippen molar-refractivity contribution in [2.45, 2.75) is 12.6 Å². The number of fused-ring (bicyclic) bond motifs is 3. The Bertz CT molecular complexity index is 589. The summed E-state index contributed by atoms with van der Waals surface area (Å²) in [5.74, 6) is 0. The lowest BCUT2D eigenvalue weighted by Crippen LogP contribution is -2.42. The van der Waals surface area contributed by atoms with Gasteiger partial charge in [0.1, 0.15) is 6.10 Å². The standard InChI is InChI=1S/C14H17N3O2/c1-2-4-13-12(3-1)15-14-17(13)10-11(19-14)9-16-5-7-18-8-6-16/h1-4,11H,5-10H2. The van der Waals surface area contributed by atoms with Crippen molar-refractivity contribution in [3.8, 4) is 6.01 Å². The quantitative estimate of drug-likeness (QED) is 0.810. The van der Waals surface area contributed by atoms with Crippen LogP contribution in [0.25, 0.3) is 11.0 Å². The molecule has 0 amide bonds. The molecule has 1 atom stereocenters. The van der Waals surface area contributed by atoms with Gasteiger partial charge in [-0.1, -0.05) is 12.1 Å². The third-order valence-corrected chi connectivity index (χ3v) is 3.84. The van der Waals surface area contributed by atoms with E-state index in [4.69, 9.17) is 9.47 Å². The van der Waals surface area contributed by atoms with E-state index in [0.717, 1.165) is 50.9 Å². The molecule has 1 fully saturated rings. The first kappa shape index (κ1) is 11.3. The van der Waals surface area contributed by atoms with Gasteiger partial charge in [0.2, 0.25) is 0 Å². The zero-order valence-corrected chi connectivity index (χ0v) is 10.8. The van der Waals surface area contributed by atoms with Gasteiger partial charge in [-0.2, -0.15) is 4.98 Å². The first-order valence-electron chi connectivity index (χ1n) is 6.82. The Hall–Kier alpha value is -1.59. The van der Waals surface area contributed by atoms with Crippen molar-refractivity contribution in [1.82, 2.24) is 14.5 Å². The van der Waals surface area contributed by atoms with Gasteiger partial charge >= 0.3 is 0 Å². The SMILES string of the molecule is c1ccc2c(c1)nc1n2CC(CN2CCOCC2)O1. The molecule has 0 N–H and O–H groups in total. The van der Waals surface area contributed by atoms with Crippen LogP contribution in [0.3, 0.4) is 0 Å². The first-order valence-corrected chi connectivity index (χ1v) is 6.82. The maximum absolute atomic E-state index is 5.96. The van der Waals surface area contributed by atoms with Crippen LogP contribution in [-0.2, 0) is 11.3 Å². The molecular formula is C14H17N3O2. The van der Waals surface area contributed by atoms with Crippen LogP contribution in [0.1, 0.15) is 0 Å². The maximum Gasteiger partial charge on any atom is 0.297 e. The molecule has 2 aromatic rings. The topological polar surface area (TPSA) is 39.5 Å². The maximum atomic E-state index is 5.96. The summed E-state index contributed by atoms with van der Waals surface area (Å²) < 4.78 is 13.5. The van der Waals surface area contributed by atoms with Gasteiger partial charge in [-0.05, 0) is 12.1 Å². The van der Waals surface area contributed by atoms with E-state index in [9.17, 15) is 0 Å². The van der Waals surface area contributed by atoms with Crippen molar-refractivity contribution in [3.05, 3.63) is 24.3 Å². The number of rotatable bonds is 2. The van der Waals surface area contributed by atoms with Gasteiger partial charge in [-0.3, -0.25) is 9.47 Å². The van der Waals surface area contributed by atoms with E-state index in [1.54, 1.807) is 0 Å². The highest BCUT2D eigenvalue weighted by Gasteiger charge is 2.28. The zero-order valence-electron chi connectivity index (χ0n) is 10.8. The Morgan fingerprint density at radius 2 is 2.05 bits per heavy atom. The molecule has 1 saturated heterocycles. The summed E-state index contributed by atoms with van der Waals surface area (Å²) in [6.45, 7) is 5.53. The minimum atomic E-state index is 0.213. The fraction of sp³-hybridized carbons (Fsp3) is 0.500. The molecule has 100 valence electrons. The normalized spacial score (nSPS) is 23.5. The fourth-order valence-corrected chi connectivity index (χ4v) is 2.88. The number of imidazole rings is 1. The Morgan fingerprint density at radius 3 is 2.95 bits per heavy atom. The molecule has 2 aliphatic heterocycles. The van der Waals surface area contributed by atoms with Gasteiger partial charge in [-0.15, -0.1) is 0 Å². The van der Waals surface area contributed by atoms with E-state index in [-0.39, 0.29) is 6.10 Å². The van der Waals surface area contributed by atoms with Crippen LogP contribution in [0.15, 0.2) is 24.3 Å². The first-order chi connectivity index (χ1) is 9.40.